The van der Waals surface area contributed by atoms with Crippen molar-refractivity contribution in [2.45, 2.75) is 19.1 Å². The Morgan fingerprint density at radius 2 is 2.10 bits per heavy atom. The summed E-state index contributed by atoms with van der Waals surface area (Å²) in [7, 11) is 0. The highest BCUT2D eigenvalue weighted by Gasteiger charge is 2.29. The molecule has 1 fully saturated rings. The zero-order chi connectivity index (χ0) is 14.4. The smallest absolute Gasteiger partial charge is 0.407 e. The van der Waals surface area contributed by atoms with Gasteiger partial charge in [-0.3, -0.25) is 4.79 Å². The molecule has 2 atom stereocenters. The molecule has 1 heterocycles. The molecule has 0 aliphatic carbocycles. The second-order valence-corrected chi connectivity index (χ2v) is 4.84. The fourth-order valence-electron chi connectivity index (χ4n) is 2.15. The first-order chi connectivity index (χ1) is 9.65. The van der Waals surface area contributed by atoms with Gasteiger partial charge in [-0.1, -0.05) is 30.3 Å². The van der Waals surface area contributed by atoms with Crippen molar-refractivity contribution in [1.29, 1.82) is 0 Å². The number of aliphatic carboxylic acids is 1. The summed E-state index contributed by atoms with van der Waals surface area (Å²) in [6, 6.07) is 8.91. The molecule has 1 aliphatic heterocycles. The predicted octanol–water partition coefficient (Wildman–Crippen LogP) is 0.975. The van der Waals surface area contributed by atoms with Crippen LogP contribution in [-0.2, 0) is 16.1 Å². The number of benzene rings is 1. The Bertz CT molecular complexity index is 464. The Labute approximate surface area is 117 Å². The van der Waals surface area contributed by atoms with E-state index in [1.165, 1.54) is 0 Å². The van der Waals surface area contributed by atoms with Crippen LogP contribution in [0.15, 0.2) is 30.3 Å². The predicted molar refractivity (Wildman–Crippen MR) is 72.2 cm³/mol. The molecular weight excluding hydrogens is 260 g/mol. The molecule has 2 rings (SSSR count). The molecule has 1 aromatic carbocycles. The summed E-state index contributed by atoms with van der Waals surface area (Å²) in [5, 5.41) is 14.4. The van der Waals surface area contributed by atoms with Gasteiger partial charge in [0.25, 0.3) is 0 Å². The highest BCUT2D eigenvalue weighted by molar-refractivity contribution is 5.73. The summed E-state index contributed by atoms with van der Waals surface area (Å²) >= 11 is 0. The number of ether oxygens (including phenoxy) is 1. The van der Waals surface area contributed by atoms with Crippen molar-refractivity contribution in [2.75, 3.05) is 13.1 Å². The second kappa shape index (κ2) is 6.91. The van der Waals surface area contributed by atoms with Crippen LogP contribution < -0.4 is 10.6 Å². The van der Waals surface area contributed by atoms with Crippen molar-refractivity contribution in [3.05, 3.63) is 35.9 Å². The number of hydrogen-bond donors (Lipinski definition) is 3. The molecule has 0 saturated carbocycles. The van der Waals surface area contributed by atoms with Gasteiger partial charge in [-0.15, -0.1) is 0 Å². The van der Waals surface area contributed by atoms with E-state index in [9.17, 15) is 9.59 Å². The Hall–Kier alpha value is -2.08. The first-order valence-electron chi connectivity index (χ1n) is 6.56. The first kappa shape index (κ1) is 14.3. The van der Waals surface area contributed by atoms with Gasteiger partial charge in [0.05, 0.1) is 0 Å². The molecule has 0 radical (unpaired) electrons. The van der Waals surface area contributed by atoms with Crippen LogP contribution in [0.4, 0.5) is 4.79 Å². The lowest BCUT2D eigenvalue weighted by atomic mass is 10.1. The standard InChI is InChI=1S/C14H18N2O4/c17-13(18)12-6-11(7-15-12)8-16-14(19)20-9-10-4-2-1-3-5-10/h1-5,11-12,15H,6-9H2,(H,16,19)(H,17,18)/t11-,12+/m0/s1. The van der Waals surface area contributed by atoms with Gasteiger partial charge in [0.2, 0.25) is 0 Å². The van der Waals surface area contributed by atoms with Gasteiger partial charge in [-0.05, 0) is 17.9 Å². The van der Waals surface area contributed by atoms with Crippen LogP contribution in [0.2, 0.25) is 0 Å². The van der Waals surface area contributed by atoms with Gasteiger partial charge in [0, 0.05) is 13.1 Å². The first-order valence-corrected chi connectivity index (χ1v) is 6.56. The third-order valence-corrected chi connectivity index (χ3v) is 3.27. The van der Waals surface area contributed by atoms with Crippen molar-refractivity contribution in [1.82, 2.24) is 10.6 Å². The van der Waals surface area contributed by atoms with Gasteiger partial charge in [-0.25, -0.2) is 4.79 Å². The second-order valence-electron chi connectivity index (χ2n) is 4.84. The molecule has 3 N–H and O–H groups in total. The fourth-order valence-corrected chi connectivity index (χ4v) is 2.15. The number of carbonyl (C=O) groups is 2. The van der Waals surface area contributed by atoms with Gasteiger partial charge >= 0.3 is 12.1 Å². The van der Waals surface area contributed by atoms with Gasteiger partial charge in [0.15, 0.2) is 0 Å². The van der Waals surface area contributed by atoms with E-state index in [4.69, 9.17) is 9.84 Å². The van der Waals surface area contributed by atoms with E-state index in [0.29, 0.717) is 19.5 Å². The fraction of sp³-hybridized carbons (Fsp3) is 0.429. The van der Waals surface area contributed by atoms with E-state index >= 15 is 0 Å². The maximum atomic E-state index is 11.5. The average molecular weight is 278 g/mol. The zero-order valence-electron chi connectivity index (χ0n) is 11.0. The zero-order valence-corrected chi connectivity index (χ0v) is 11.0. The largest absolute Gasteiger partial charge is 0.480 e. The molecule has 0 spiro atoms. The summed E-state index contributed by atoms with van der Waals surface area (Å²) in [4.78, 5) is 22.3. The van der Waals surface area contributed by atoms with Crippen LogP contribution >= 0.6 is 0 Å². The molecule has 1 aromatic rings. The summed E-state index contributed by atoms with van der Waals surface area (Å²) in [6.45, 7) is 1.24. The molecule has 108 valence electrons. The molecule has 20 heavy (non-hydrogen) atoms. The number of carboxylic acid groups (broad SMARTS) is 1. The molecule has 0 bridgehead atoms. The van der Waals surface area contributed by atoms with Crippen LogP contribution in [-0.4, -0.2) is 36.3 Å². The maximum Gasteiger partial charge on any atom is 0.407 e. The Kier molecular flexibility index (Phi) is 4.95. The topological polar surface area (TPSA) is 87.7 Å². The molecule has 6 heteroatoms. The number of alkyl carbamates (subject to hydrolysis) is 1. The highest BCUT2D eigenvalue weighted by atomic mass is 16.5. The number of carbonyl (C=O) groups excluding carboxylic acids is 1. The van der Waals surface area contributed by atoms with Crippen molar-refractivity contribution in [3.63, 3.8) is 0 Å². The Morgan fingerprint density at radius 3 is 2.75 bits per heavy atom. The van der Waals surface area contributed by atoms with Gasteiger partial charge < -0.3 is 20.5 Å². The van der Waals surface area contributed by atoms with Crippen molar-refractivity contribution >= 4 is 12.1 Å². The lowest BCUT2D eigenvalue weighted by Crippen LogP contribution is -2.30. The molecule has 0 unspecified atom stereocenters. The van der Waals surface area contributed by atoms with E-state index < -0.39 is 18.1 Å². The molecule has 1 amide bonds. The SMILES string of the molecule is O=C(NC[C@@H]1CN[C@@H](C(=O)O)C1)OCc1ccccc1. The summed E-state index contributed by atoms with van der Waals surface area (Å²) in [6.07, 6.45) is 0.0431. The Balaban J connectivity index is 1.65. The summed E-state index contributed by atoms with van der Waals surface area (Å²) < 4.78 is 5.08. The molecule has 0 aromatic heterocycles. The molecule has 1 aliphatic rings. The van der Waals surface area contributed by atoms with Crippen LogP contribution in [0.5, 0.6) is 0 Å². The number of hydrogen-bond acceptors (Lipinski definition) is 4. The monoisotopic (exact) mass is 278 g/mol. The maximum absolute atomic E-state index is 11.5. The number of carboxylic acids is 1. The minimum absolute atomic E-state index is 0.125. The minimum Gasteiger partial charge on any atom is -0.480 e. The normalized spacial score (nSPS) is 21.4. The quantitative estimate of drug-likeness (QED) is 0.747. The molecular formula is C14H18N2O4. The lowest BCUT2D eigenvalue weighted by molar-refractivity contribution is -0.139. The van der Waals surface area contributed by atoms with E-state index in [0.717, 1.165) is 5.56 Å². The van der Waals surface area contributed by atoms with Crippen LogP contribution in [0.25, 0.3) is 0 Å². The molecule has 1 saturated heterocycles. The van der Waals surface area contributed by atoms with Crippen molar-refractivity contribution in [2.24, 2.45) is 5.92 Å². The highest BCUT2D eigenvalue weighted by Crippen LogP contribution is 2.13. The van der Waals surface area contributed by atoms with Crippen LogP contribution in [0.3, 0.4) is 0 Å². The van der Waals surface area contributed by atoms with E-state index in [1.807, 2.05) is 30.3 Å². The lowest BCUT2D eigenvalue weighted by Gasteiger charge is -2.10. The Morgan fingerprint density at radius 1 is 1.35 bits per heavy atom. The van der Waals surface area contributed by atoms with E-state index in [2.05, 4.69) is 10.6 Å². The third kappa shape index (κ3) is 4.24. The average Bonchev–Trinajstić information content (AvgIpc) is 2.93. The summed E-state index contributed by atoms with van der Waals surface area (Å²) in [5.41, 5.74) is 0.927. The minimum atomic E-state index is -0.848. The van der Waals surface area contributed by atoms with Gasteiger partial charge in [-0.2, -0.15) is 0 Å². The summed E-state index contributed by atoms with van der Waals surface area (Å²) in [5.74, 6) is -0.723. The molecule has 6 nitrogen and oxygen atoms in total. The van der Waals surface area contributed by atoms with Crippen molar-refractivity contribution < 1.29 is 19.4 Å². The third-order valence-electron chi connectivity index (χ3n) is 3.27. The van der Waals surface area contributed by atoms with Gasteiger partial charge in [0.1, 0.15) is 12.6 Å². The number of nitrogens with one attached hydrogen (secondary N) is 2. The van der Waals surface area contributed by atoms with Crippen LogP contribution in [0, 0.1) is 5.92 Å². The number of rotatable bonds is 5. The van der Waals surface area contributed by atoms with E-state index in [-0.39, 0.29) is 12.5 Å². The van der Waals surface area contributed by atoms with Crippen LogP contribution in [0.1, 0.15) is 12.0 Å². The number of amides is 1. The van der Waals surface area contributed by atoms with E-state index in [1.54, 1.807) is 0 Å². The van der Waals surface area contributed by atoms with Crippen molar-refractivity contribution in [3.8, 4) is 0 Å².